The zero-order chi connectivity index (χ0) is 14.3. The molecule has 1 rings (SSSR count). The summed E-state index contributed by atoms with van der Waals surface area (Å²) in [7, 11) is 0. The van der Waals surface area contributed by atoms with Crippen molar-refractivity contribution in [2.24, 2.45) is 5.92 Å². The van der Waals surface area contributed by atoms with Gasteiger partial charge in [-0.25, -0.2) is 4.79 Å². The first-order chi connectivity index (χ1) is 9.00. The number of carboxylic acids is 1. The van der Waals surface area contributed by atoms with E-state index in [0.29, 0.717) is 25.4 Å². The quantitative estimate of drug-likeness (QED) is 0.620. The fraction of sp³-hybridized carbons (Fsp3) is 0.500. The molecule has 1 aromatic carbocycles. The van der Waals surface area contributed by atoms with E-state index in [-0.39, 0.29) is 17.6 Å². The predicted molar refractivity (Wildman–Crippen MR) is 72.6 cm³/mol. The maximum Gasteiger partial charge on any atom is 0.335 e. The van der Waals surface area contributed by atoms with E-state index in [9.17, 15) is 9.90 Å². The first kappa shape index (κ1) is 15.5. The van der Waals surface area contributed by atoms with Crippen LogP contribution in [0.5, 0.6) is 5.75 Å². The molecule has 1 aromatic rings. The Morgan fingerprint density at radius 2 is 2.16 bits per heavy atom. The highest BCUT2D eigenvalue weighted by Gasteiger charge is 2.07. The molecule has 5 nitrogen and oxygen atoms in total. The van der Waals surface area contributed by atoms with Crippen LogP contribution in [0.3, 0.4) is 0 Å². The Labute approximate surface area is 113 Å². The van der Waals surface area contributed by atoms with E-state index >= 15 is 0 Å². The molecule has 3 N–H and O–H groups in total. The summed E-state index contributed by atoms with van der Waals surface area (Å²) >= 11 is 0. The Balaban J connectivity index is 2.26. The number of aromatic carboxylic acids is 1. The molecule has 0 saturated heterocycles. The molecule has 19 heavy (non-hydrogen) atoms. The highest BCUT2D eigenvalue weighted by atomic mass is 16.5. The average molecular weight is 267 g/mol. The molecule has 0 radical (unpaired) electrons. The number of aliphatic hydroxyl groups is 1. The van der Waals surface area contributed by atoms with Crippen LogP contribution in [-0.2, 0) is 0 Å². The van der Waals surface area contributed by atoms with Crippen molar-refractivity contribution in [3.63, 3.8) is 0 Å². The highest BCUT2D eigenvalue weighted by molar-refractivity contribution is 5.87. The molecular weight excluding hydrogens is 246 g/mol. The Morgan fingerprint density at radius 1 is 1.42 bits per heavy atom. The fourth-order valence-electron chi connectivity index (χ4n) is 1.45. The monoisotopic (exact) mass is 267 g/mol. The van der Waals surface area contributed by atoms with Crippen LogP contribution in [0.1, 0.15) is 24.2 Å². The molecule has 5 heteroatoms. The summed E-state index contributed by atoms with van der Waals surface area (Å²) < 4.78 is 5.43. The van der Waals surface area contributed by atoms with E-state index in [0.717, 1.165) is 0 Å². The predicted octanol–water partition coefficient (Wildman–Crippen LogP) is 1.37. The molecule has 0 heterocycles. The van der Waals surface area contributed by atoms with E-state index in [4.69, 9.17) is 9.84 Å². The molecular formula is C14H21NO4. The van der Waals surface area contributed by atoms with Crippen molar-refractivity contribution in [1.29, 1.82) is 0 Å². The van der Waals surface area contributed by atoms with Crippen LogP contribution in [0.25, 0.3) is 0 Å². The molecule has 106 valence electrons. The summed E-state index contributed by atoms with van der Waals surface area (Å²) in [4.78, 5) is 10.8. The van der Waals surface area contributed by atoms with Gasteiger partial charge in [0.15, 0.2) is 0 Å². The third-order valence-corrected chi connectivity index (χ3v) is 2.75. The number of aliphatic hydroxyl groups excluding tert-OH is 1. The van der Waals surface area contributed by atoms with E-state index in [1.54, 1.807) is 12.1 Å². The second-order valence-corrected chi connectivity index (χ2v) is 4.70. The standard InChI is InChI=1S/C14H21NO4/c1-10(2)13(16)9-15-6-7-19-12-5-3-4-11(8-12)14(17)18/h3-5,8,10,13,15-16H,6-7,9H2,1-2H3,(H,17,18). The van der Waals surface area contributed by atoms with Gasteiger partial charge in [-0.3, -0.25) is 0 Å². The van der Waals surface area contributed by atoms with Gasteiger partial charge in [0, 0.05) is 13.1 Å². The van der Waals surface area contributed by atoms with Crippen LogP contribution in [0.2, 0.25) is 0 Å². The number of benzene rings is 1. The number of hydrogen-bond acceptors (Lipinski definition) is 4. The number of hydrogen-bond donors (Lipinski definition) is 3. The SMILES string of the molecule is CC(C)C(O)CNCCOc1cccc(C(=O)O)c1. The number of carbonyl (C=O) groups is 1. The van der Waals surface area contributed by atoms with Crippen molar-refractivity contribution in [3.8, 4) is 5.75 Å². The highest BCUT2D eigenvalue weighted by Crippen LogP contribution is 2.12. The van der Waals surface area contributed by atoms with Gasteiger partial charge in [0.25, 0.3) is 0 Å². The summed E-state index contributed by atoms with van der Waals surface area (Å²) in [6.07, 6.45) is -0.365. The van der Waals surface area contributed by atoms with Crippen molar-refractivity contribution in [2.75, 3.05) is 19.7 Å². The lowest BCUT2D eigenvalue weighted by Gasteiger charge is -2.15. The zero-order valence-electron chi connectivity index (χ0n) is 11.3. The topological polar surface area (TPSA) is 78.8 Å². The van der Waals surface area contributed by atoms with Gasteiger partial charge in [-0.2, -0.15) is 0 Å². The molecule has 0 amide bonds. The van der Waals surface area contributed by atoms with Crippen molar-refractivity contribution >= 4 is 5.97 Å². The van der Waals surface area contributed by atoms with Gasteiger partial charge < -0.3 is 20.3 Å². The molecule has 0 spiro atoms. The minimum absolute atomic E-state index is 0.209. The molecule has 0 fully saturated rings. The van der Waals surface area contributed by atoms with Crippen LogP contribution in [0, 0.1) is 5.92 Å². The van der Waals surface area contributed by atoms with Crippen LogP contribution < -0.4 is 10.1 Å². The maximum atomic E-state index is 10.8. The molecule has 0 saturated carbocycles. The lowest BCUT2D eigenvalue weighted by Crippen LogP contribution is -2.33. The van der Waals surface area contributed by atoms with Gasteiger partial charge in [-0.1, -0.05) is 19.9 Å². The molecule has 0 bridgehead atoms. The molecule has 0 aliphatic carbocycles. The summed E-state index contributed by atoms with van der Waals surface area (Å²) in [6, 6.07) is 6.38. The normalized spacial score (nSPS) is 12.4. The first-order valence-corrected chi connectivity index (χ1v) is 6.35. The van der Waals surface area contributed by atoms with Crippen LogP contribution in [-0.4, -0.2) is 42.0 Å². The van der Waals surface area contributed by atoms with Crippen molar-refractivity contribution in [2.45, 2.75) is 20.0 Å². The maximum absolute atomic E-state index is 10.8. The van der Waals surface area contributed by atoms with Gasteiger partial charge in [0.2, 0.25) is 0 Å². The first-order valence-electron chi connectivity index (χ1n) is 6.35. The lowest BCUT2D eigenvalue weighted by atomic mass is 10.1. The summed E-state index contributed by atoms with van der Waals surface area (Å²) in [5.41, 5.74) is 0.209. The summed E-state index contributed by atoms with van der Waals surface area (Å²) in [6.45, 7) is 5.46. The van der Waals surface area contributed by atoms with Gasteiger partial charge in [0.05, 0.1) is 11.7 Å². The Hall–Kier alpha value is -1.59. The number of carboxylic acid groups (broad SMARTS) is 1. The van der Waals surface area contributed by atoms with E-state index in [2.05, 4.69) is 5.32 Å². The molecule has 0 aliphatic heterocycles. The second kappa shape index (κ2) is 7.76. The minimum atomic E-state index is -0.969. The number of rotatable bonds is 8. The Morgan fingerprint density at radius 3 is 2.79 bits per heavy atom. The minimum Gasteiger partial charge on any atom is -0.492 e. The average Bonchev–Trinajstić information content (AvgIpc) is 2.38. The molecule has 0 aromatic heterocycles. The fourth-order valence-corrected chi connectivity index (χ4v) is 1.45. The number of nitrogens with one attached hydrogen (secondary N) is 1. The Kier molecular flexibility index (Phi) is 6.32. The van der Waals surface area contributed by atoms with E-state index in [1.807, 2.05) is 13.8 Å². The van der Waals surface area contributed by atoms with Crippen molar-refractivity contribution in [3.05, 3.63) is 29.8 Å². The number of ether oxygens (including phenoxy) is 1. The summed E-state index contributed by atoms with van der Waals surface area (Å²) in [5, 5.41) is 21.5. The van der Waals surface area contributed by atoms with Crippen molar-refractivity contribution in [1.82, 2.24) is 5.32 Å². The van der Waals surface area contributed by atoms with E-state index in [1.165, 1.54) is 12.1 Å². The van der Waals surface area contributed by atoms with Gasteiger partial charge >= 0.3 is 5.97 Å². The van der Waals surface area contributed by atoms with Crippen LogP contribution in [0.15, 0.2) is 24.3 Å². The molecule has 0 aliphatic rings. The van der Waals surface area contributed by atoms with Gasteiger partial charge in [-0.15, -0.1) is 0 Å². The molecule has 1 atom stereocenters. The van der Waals surface area contributed by atoms with Crippen LogP contribution in [0.4, 0.5) is 0 Å². The van der Waals surface area contributed by atoms with Gasteiger partial charge in [-0.05, 0) is 24.1 Å². The van der Waals surface area contributed by atoms with Gasteiger partial charge in [0.1, 0.15) is 12.4 Å². The second-order valence-electron chi connectivity index (χ2n) is 4.70. The van der Waals surface area contributed by atoms with E-state index < -0.39 is 5.97 Å². The molecule has 1 unspecified atom stereocenters. The Bertz CT molecular complexity index is 406. The third-order valence-electron chi connectivity index (χ3n) is 2.75. The van der Waals surface area contributed by atoms with Crippen molar-refractivity contribution < 1.29 is 19.7 Å². The zero-order valence-corrected chi connectivity index (χ0v) is 11.3. The lowest BCUT2D eigenvalue weighted by molar-refractivity contribution is 0.0696. The van der Waals surface area contributed by atoms with Crippen LogP contribution >= 0.6 is 0 Å². The summed E-state index contributed by atoms with van der Waals surface area (Å²) in [5.74, 6) is -0.213. The third kappa shape index (κ3) is 5.72. The largest absolute Gasteiger partial charge is 0.492 e. The smallest absolute Gasteiger partial charge is 0.335 e.